The minimum Gasteiger partial charge on any atom is -0.462 e. The molecule has 5 nitrogen and oxygen atoms in total. The Morgan fingerprint density at radius 1 is 1.45 bits per heavy atom. The number of ether oxygens (including phenoxy) is 2. The van der Waals surface area contributed by atoms with Crippen molar-refractivity contribution >= 4 is 40.3 Å². The number of benzene rings is 1. The molecule has 0 unspecified atom stereocenters. The van der Waals surface area contributed by atoms with Gasteiger partial charge in [0.15, 0.2) is 0 Å². The molecule has 20 heavy (non-hydrogen) atoms. The molecule has 1 aromatic carbocycles. The van der Waals surface area contributed by atoms with Crippen molar-refractivity contribution in [2.24, 2.45) is 5.92 Å². The van der Waals surface area contributed by atoms with Gasteiger partial charge in [0.05, 0.1) is 13.2 Å². The third-order valence-corrected chi connectivity index (χ3v) is 3.68. The molecule has 2 rings (SSSR count). The molecular formula is C14H14INO4. The maximum absolute atomic E-state index is 11.6. The summed E-state index contributed by atoms with van der Waals surface area (Å²) in [5.74, 6) is -0.424. The summed E-state index contributed by atoms with van der Waals surface area (Å²) in [6.07, 6.45) is 0.0204. The Kier molecular flexibility index (Phi) is 4.99. The van der Waals surface area contributed by atoms with Gasteiger partial charge < -0.3 is 9.47 Å². The molecule has 0 aliphatic carbocycles. The number of nitrogens with one attached hydrogen (secondary N) is 1. The Morgan fingerprint density at radius 3 is 2.75 bits per heavy atom. The lowest BCUT2D eigenvalue weighted by atomic mass is 10.0. The highest BCUT2D eigenvalue weighted by atomic mass is 127. The van der Waals surface area contributed by atoms with E-state index in [4.69, 9.17) is 9.47 Å². The fourth-order valence-corrected chi connectivity index (χ4v) is 2.13. The van der Waals surface area contributed by atoms with E-state index in [9.17, 15) is 9.59 Å². The van der Waals surface area contributed by atoms with Gasteiger partial charge in [0.2, 0.25) is 0 Å². The predicted molar refractivity (Wildman–Crippen MR) is 82.3 cm³/mol. The lowest BCUT2D eigenvalue weighted by molar-refractivity contribution is -0.135. The molecule has 1 saturated heterocycles. The average Bonchev–Trinajstić information content (AvgIpc) is 2.73. The minimum atomic E-state index is -0.512. The number of carbonyl (C=O) groups excluding carboxylic acids is 2. The molecule has 1 fully saturated rings. The van der Waals surface area contributed by atoms with Crippen LogP contribution in [0.2, 0.25) is 0 Å². The third-order valence-electron chi connectivity index (χ3n) is 2.96. The van der Waals surface area contributed by atoms with Gasteiger partial charge in [-0.25, -0.2) is 9.59 Å². The van der Waals surface area contributed by atoms with Crippen molar-refractivity contribution in [3.05, 3.63) is 40.0 Å². The summed E-state index contributed by atoms with van der Waals surface area (Å²) in [7, 11) is 0. The van der Waals surface area contributed by atoms with E-state index in [1.54, 1.807) is 12.1 Å². The second-order valence-electron chi connectivity index (χ2n) is 4.38. The topological polar surface area (TPSA) is 64.6 Å². The molecule has 1 heterocycles. The Bertz CT molecular complexity index is 526. The van der Waals surface area contributed by atoms with Gasteiger partial charge in [0.25, 0.3) is 0 Å². The maximum atomic E-state index is 11.6. The van der Waals surface area contributed by atoms with Crippen molar-refractivity contribution in [2.45, 2.75) is 6.42 Å². The van der Waals surface area contributed by atoms with Crippen molar-refractivity contribution < 1.29 is 19.1 Å². The molecule has 0 spiro atoms. The number of anilines is 1. The smallest absolute Gasteiger partial charge is 0.411 e. The quantitative estimate of drug-likeness (QED) is 0.490. The standard InChI is InChI=1S/C14H14INO4/c1-9-10(8-20-13(9)17)6-7-19-14(18)16-12-4-2-11(15)3-5-12/h2-5,10H,1,6-8H2,(H,16,18)/t10-/m0/s1. The first kappa shape index (κ1) is 14.8. The molecule has 0 saturated carbocycles. The zero-order valence-electron chi connectivity index (χ0n) is 10.7. The summed E-state index contributed by atoms with van der Waals surface area (Å²) in [6.45, 7) is 4.20. The molecule has 1 amide bonds. The van der Waals surface area contributed by atoms with E-state index in [2.05, 4.69) is 34.5 Å². The molecule has 1 aliphatic heterocycles. The fraction of sp³-hybridized carbons (Fsp3) is 0.286. The number of hydrogen-bond donors (Lipinski definition) is 1. The van der Waals surface area contributed by atoms with Crippen LogP contribution in [-0.2, 0) is 14.3 Å². The molecule has 1 aromatic rings. The van der Waals surface area contributed by atoms with Gasteiger partial charge in [0, 0.05) is 20.7 Å². The Morgan fingerprint density at radius 2 is 2.15 bits per heavy atom. The molecular weight excluding hydrogens is 373 g/mol. The highest BCUT2D eigenvalue weighted by Crippen LogP contribution is 2.22. The Labute approximate surface area is 130 Å². The number of halogens is 1. The number of carbonyl (C=O) groups is 2. The van der Waals surface area contributed by atoms with Crippen LogP contribution < -0.4 is 5.32 Å². The van der Waals surface area contributed by atoms with Crippen molar-refractivity contribution in [3.63, 3.8) is 0 Å². The van der Waals surface area contributed by atoms with Crippen LogP contribution in [0.25, 0.3) is 0 Å². The number of hydrogen-bond acceptors (Lipinski definition) is 4. The van der Waals surface area contributed by atoms with E-state index < -0.39 is 6.09 Å². The molecule has 1 aliphatic rings. The predicted octanol–water partition coefficient (Wildman–Crippen LogP) is 2.96. The van der Waals surface area contributed by atoms with Crippen molar-refractivity contribution in [1.29, 1.82) is 0 Å². The van der Waals surface area contributed by atoms with E-state index in [0.29, 0.717) is 24.3 Å². The second-order valence-corrected chi connectivity index (χ2v) is 5.62. The van der Waals surface area contributed by atoms with Crippen molar-refractivity contribution in [3.8, 4) is 0 Å². The fourth-order valence-electron chi connectivity index (χ4n) is 1.77. The number of esters is 1. The van der Waals surface area contributed by atoms with Gasteiger partial charge in [-0.1, -0.05) is 6.58 Å². The highest BCUT2D eigenvalue weighted by molar-refractivity contribution is 14.1. The van der Waals surface area contributed by atoms with Crippen LogP contribution in [0.15, 0.2) is 36.4 Å². The first-order valence-electron chi connectivity index (χ1n) is 6.11. The molecule has 6 heteroatoms. The summed E-state index contributed by atoms with van der Waals surface area (Å²) in [5, 5.41) is 2.63. The summed E-state index contributed by atoms with van der Waals surface area (Å²) in [6, 6.07) is 7.38. The van der Waals surface area contributed by atoms with E-state index >= 15 is 0 Å². The molecule has 1 atom stereocenters. The molecule has 106 valence electrons. The second kappa shape index (κ2) is 6.74. The highest BCUT2D eigenvalue weighted by Gasteiger charge is 2.28. The normalized spacial score (nSPS) is 17.8. The van der Waals surface area contributed by atoms with Crippen LogP contribution in [0.1, 0.15) is 6.42 Å². The van der Waals surface area contributed by atoms with Crippen LogP contribution in [-0.4, -0.2) is 25.3 Å². The first-order valence-corrected chi connectivity index (χ1v) is 7.19. The van der Waals surface area contributed by atoms with Crippen LogP contribution in [0, 0.1) is 9.49 Å². The Hall–Kier alpha value is -1.57. The zero-order valence-corrected chi connectivity index (χ0v) is 12.9. The van der Waals surface area contributed by atoms with E-state index in [1.807, 2.05) is 12.1 Å². The minimum absolute atomic E-state index is 0.0615. The zero-order chi connectivity index (χ0) is 14.5. The first-order chi connectivity index (χ1) is 9.56. The van der Waals surface area contributed by atoms with E-state index in [0.717, 1.165) is 3.57 Å². The van der Waals surface area contributed by atoms with Crippen LogP contribution in [0.4, 0.5) is 10.5 Å². The SMILES string of the molecule is C=C1C(=O)OC[C@@H]1CCOC(=O)Nc1ccc(I)cc1. The average molecular weight is 387 g/mol. The Balaban J connectivity index is 1.71. The van der Waals surface area contributed by atoms with Gasteiger partial charge in [-0.2, -0.15) is 0 Å². The maximum Gasteiger partial charge on any atom is 0.411 e. The largest absolute Gasteiger partial charge is 0.462 e. The summed E-state index contributed by atoms with van der Waals surface area (Å²) < 4.78 is 11.0. The van der Waals surface area contributed by atoms with Crippen LogP contribution in [0.3, 0.4) is 0 Å². The molecule has 0 radical (unpaired) electrons. The number of amides is 1. The van der Waals surface area contributed by atoms with Crippen LogP contribution >= 0.6 is 22.6 Å². The number of cyclic esters (lactones) is 1. The van der Waals surface area contributed by atoms with Crippen LogP contribution in [0.5, 0.6) is 0 Å². The molecule has 0 bridgehead atoms. The lowest BCUT2D eigenvalue weighted by Crippen LogP contribution is -2.16. The van der Waals surface area contributed by atoms with Gasteiger partial charge in [-0.15, -0.1) is 0 Å². The van der Waals surface area contributed by atoms with Gasteiger partial charge in [-0.05, 0) is 53.3 Å². The van der Waals surface area contributed by atoms with Crippen molar-refractivity contribution in [2.75, 3.05) is 18.5 Å². The van der Waals surface area contributed by atoms with E-state index in [-0.39, 0.29) is 18.5 Å². The monoisotopic (exact) mass is 387 g/mol. The molecule has 1 N–H and O–H groups in total. The van der Waals surface area contributed by atoms with E-state index in [1.165, 1.54) is 0 Å². The lowest BCUT2D eigenvalue weighted by Gasteiger charge is -2.09. The number of rotatable bonds is 4. The molecule has 0 aromatic heterocycles. The van der Waals surface area contributed by atoms with Gasteiger partial charge in [0.1, 0.15) is 0 Å². The summed E-state index contributed by atoms with van der Waals surface area (Å²) >= 11 is 2.19. The van der Waals surface area contributed by atoms with Gasteiger partial charge >= 0.3 is 12.1 Å². The summed E-state index contributed by atoms with van der Waals surface area (Å²) in [4.78, 5) is 22.7. The summed E-state index contributed by atoms with van der Waals surface area (Å²) in [5.41, 5.74) is 1.13. The third kappa shape index (κ3) is 3.96. The van der Waals surface area contributed by atoms with Gasteiger partial charge in [-0.3, -0.25) is 5.32 Å². The van der Waals surface area contributed by atoms with Crippen molar-refractivity contribution in [1.82, 2.24) is 0 Å².